The Balaban J connectivity index is 1.20. The number of aromatic nitrogens is 5. The highest BCUT2D eigenvalue weighted by molar-refractivity contribution is 5.99. The van der Waals surface area contributed by atoms with Gasteiger partial charge in [-0.3, -0.25) is 19.4 Å². The predicted molar refractivity (Wildman–Crippen MR) is 153 cm³/mol. The maximum atomic E-state index is 15.2. The molecule has 4 heterocycles. The summed E-state index contributed by atoms with van der Waals surface area (Å²) in [6, 6.07) is 8.62. The van der Waals surface area contributed by atoms with Crippen molar-refractivity contribution in [2.75, 3.05) is 0 Å². The summed E-state index contributed by atoms with van der Waals surface area (Å²) in [6.07, 6.45) is -1.78. The average molecular weight is 652 g/mol. The highest BCUT2D eigenvalue weighted by atomic mass is 19.3. The Morgan fingerprint density at radius 2 is 1.85 bits per heavy atom. The molecular formula is C32H23F6N7O2. The minimum absolute atomic E-state index is 0.0712. The molecule has 3 aromatic heterocycles. The monoisotopic (exact) mass is 651 g/mol. The topological polar surface area (TPSA) is 118 Å². The first-order chi connectivity index (χ1) is 22.5. The summed E-state index contributed by atoms with van der Waals surface area (Å²) in [5, 5.41) is 16.1. The SMILES string of the molecule is O=C(Cn1nc(C(F)F)c2c1C(F)(F)[C@@H]1C[C@H]21)NC(Cc1cc(F)cc(F)c1)c1nc2cn[nH]c2cc1-c1ccc2c(c1)CNC2=O. The van der Waals surface area contributed by atoms with E-state index in [1.807, 2.05) is 0 Å². The number of carbonyl (C=O) groups is 2. The van der Waals surface area contributed by atoms with E-state index < -0.39 is 65.7 Å². The third-order valence-electron chi connectivity index (χ3n) is 9.04. The number of halogens is 6. The first-order valence-electron chi connectivity index (χ1n) is 14.7. The van der Waals surface area contributed by atoms with Crippen LogP contribution in [0.2, 0.25) is 0 Å². The molecule has 2 aromatic carbocycles. The van der Waals surface area contributed by atoms with Crippen LogP contribution in [-0.4, -0.2) is 36.8 Å². The van der Waals surface area contributed by atoms with Crippen molar-refractivity contribution in [2.45, 2.75) is 50.2 Å². The van der Waals surface area contributed by atoms with Gasteiger partial charge < -0.3 is 10.6 Å². The van der Waals surface area contributed by atoms with Crippen molar-refractivity contribution in [3.8, 4) is 11.1 Å². The Morgan fingerprint density at radius 3 is 2.62 bits per heavy atom. The summed E-state index contributed by atoms with van der Waals surface area (Å²) < 4.78 is 87.2. The van der Waals surface area contributed by atoms with Crippen molar-refractivity contribution < 1.29 is 35.9 Å². The molecule has 9 nitrogen and oxygen atoms in total. The van der Waals surface area contributed by atoms with E-state index in [0.717, 1.165) is 17.7 Å². The molecular weight excluding hydrogens is 628 g/mol. The predicted octanol–water partition coefficient (Wildman–Crippen LogP) is 5.59. The lowest BCUT2D eigenvalue weighted by Crippen LogP contribution is -2.35. The van der Waals surface area contributed by atoms with E-state index in [-0.39, 0.29) is 35.6 Å². The normalized spacial score (nSPS) is 19.4. The van der Waals surface area contributed by atoms with Crippen LogP contribution in [0.25, 0.3) is 22.2 Å². The molecule has 8 rings (SSSR count). The van der Waals surface area contributed by atoms with Gasteiger partial charge in [0.1, 0.15) is 35.1 Å². The van der Waals surface area contributed by atoms with E-state index >= 15 is 8.78 Å². The van der Waals surface area contributed by atoms with Crippen molar-refractivity contribution in [3.05, 3.63) is 99.6 Å². The number of nitrogens with zero attached hydrogens (tertiary/aromatic N) is 4. The van der Waals surface area contributed by atoms with Crippen molar-refractivity contribution in [3.63, 3.8) is 0 Å². The van der Waals surface area contributed by atoms with Crippen LogP contribution in [-0.2, 0) is 30.2 Å². The van der Waals surface area contributed by atoms with Crippen molar-refractivity contribution in [2.24, 2.45) is 5.92 Å². The second-order valence-corrected chi connectivity index (χ2v) is 12.1. The largest absolute Gasteiger partial charge is 0.348 e. The number of H-pyrrole nitrogens is 1. The fraction of sp³-hybridized carbons (Fsp3) is 0.281. The smallest absolute Gasteiger partial charge is 0.293 e. The lowest BCUT2D eigenvalue weighted by atomic mass is 9.93. The molecule has 2 amide bonds. The van der Waals surface area contributed by atoms with Crippen molar-refractivity contribution in [1.82, 2.24) is 35.6 Å². The number of hydrogen-bond donors (Lipinski definition) is 3. The second-order valence-electron chi connectivity index (χ2n) is 12.1. The standard InChI is InChI=1S/C32H23F6N7O2/c33-16-3-13(4-17(34)7-16)5-23(41-25(46)12-45-29-26(28(44-45)30(35)36)20-8-21(20)32(29,37)38)27-19(9-22-24(42-27)11-40-43-22)14-1-2-18-15(6-14)10-39-31(18)47/h1-4,6-7,9,11,20-21,23,30H,5,8,10,12H2,(H,39,47)(H,40,43)(H,41,46)/t20-,21+,23?/m0/s1. The number of carbonyl (C=O) groups excluding carboxylic acids is 2. The molecule has 1 unspecified atom stereocenters. The number of aromatic amines is 1. The van der Waals surface area contributed by atoms with Crippen LogP contribution in [0.3, 0.4) is 0 Å². The average Bonchev–Trinajstić information content (AvgIpc) is 3.25. The van der Waals surface area contributed by atoms with E-state index in [0.29, 0.717) is 45.0 Å². The fourth-order valence-electron chi connectivity index (χ4n) is 6.92. The van der Waals surface area contributed by atoms with Gasteiger partial charge in [-0.15, -0.1) is 0 Å². The van der Waals surface area contributed by atoms with Gasteiger partial charge in [-0.05, 0) is 65.8 Å². The van der Waals surface area contributed by atoms with Gasteiger partial charge in [-0.2, -0.15) is 19.0 Å². The van der Waals surface area contributed by atoms with Gasteiger partial charge in [-0.25, -0.2) is 22.5 Å². The minimum atomic E-state index is -3.43. The first-order valence-corrected chi connectivity index (χ1v) is 14.7. The summed E-state index contributed by atoms with van der Waals surface area (Å²) in [4.78, 5) is 30.5. The van der Waals surface area contributed by atoms with Gasteiger partial charge in [0.15, 0.2) is 0 Å². The molecule has 0 spiro atoms. The van der Waals surface area contributed by atoms with E-state index in [1.54, 1.807) is 24.3 Å². The van der Waals surface area contributed by atoms with E-state index in [4.69, 9.17) is 4.98 Å². The molecule has 0 saturated heterocycles. The Hall–Kier alpha value is -5.21. The van der Waals surface area contributed by atoms with Crippen LogP contribution in [0.15, 0.2) is 48.7 Å². The molecule has 240 valence electrons. The molecule has 1 saturated carbocycles. The van der Waals surface area contributed by atoms with Gasteiger partial charge in [0.2, 0.25) is 5.91 Å². The van der Waals surface area contributed by atoms with Crippen LogP contribution >= 0.6 is 0 Å². The quantitative estimate of drug-likeness (QED) is 0.189. The summed E-state index contributed by atoms with van der Waals surface area (Å²) >= 11 is 0. The number of rotatable bonds is 8. The fourth-order valence-corrected chi connectivity index (χ4v) is 6.92. The Labute approximate surface area is 261 Å². The van der Waals surface area contributed by atoms with Gasteiger partial charge in [0.25, 0.3) is 18.3 Å². The zero-order chi connectivity index (χ0) is 32.8. The third-order valence-corrected chi connectivity index (χ3v) is 9.04. The van der Waals surface area contributed by atoms with Crippen LogP contribution in [0, 0.1) is 17.6 Å². The second kappa shape index (κ2) is 10.4. The van der Waals surface area contributed by atoms with E-state index in [1.165, 1.54) is 6.20 Å². The number of fused-ring (bicyclic) bond motifs is 5. The highest BCUT2D eigenvalue weighted by Crippen LogP contribution is 2.68. The molecule has 15 heteroatoms. The van der Waals surface area contributed by atoms with E-state index in [9.17, 15) is 27.2 Å². The lowest BCUT2D eigenvalue weighted by Gasteiger charge is -2.23. The molecule has 2 aliphatic carbocycles. The van der Waals surface area contributed by atoms with Gasteiger partial charge in [-0.1, -0.05) is 6.07 Å². The van der Waals surface area contributed by atoms with Crippen molar-refractivity contribution >= 4 is 22.8 Å². The Bertz CT molecular complexity index is 2110. The number of alkyl halides is 4. The number of pyridine rings is 1. The Morgan fingerprint density at radius 1 is 1.06 bits per heavy atom. The number of nitrogens with one attached hydrogen (secondary N) is 3. The summed E-state index contributed by atoms with van der Waals surface area (Å²) in [5.74, 6) is -8.07. The van der Waals surface area contributed by atoms with E-state index in [2.05, 4.69) is 25.9 Å². The van der Waals surface area contributed by atoms with Gasteiger partial charge in [0, 0.05) is 35.2 Å². The maximum Gasteiger partial charge on any atom is 0.293 e. The highest BCUT2D eigenvalue weighted by Gasteiger charge is 2.67. The minimum Gasteiger partial charge on any atom is -0.348 e. The van der Waals surface area contributed by atoms with Crippen LogP contribution in [0.5, 0.6) is 0 Å². The number of amides is 2. The molecule has 0 bridgehead atoms. The third kappa shape index (κ3) is 4.82. The summed E-state index contributed by atoms with van der Waals surface area (Å²) in [6.45, 7) is -0.519. The molecule has 1 aliphatic heterocycles. The lowest BCUT2D eigenvalue weighted by molar-refractivity contribution is -0.123. The maximum absolute atomic E-state index is 15.2. The Kier molecular flexibility index (Phi) is 6.47. The zero-order valence-electron chi connectivity index (χ0n) is 24.1. The molecule has 3 atom stereocenters. The molecule has 3 N–H and O–H groups in total. The first kappa shape index (κ1) is 29.2. The molecule has 1 fully saturated rings. The molecule has 5 aromatic rings. The summed E-state index contributed by atoms with van der Waals surface area (Å²) in [7, 11) is 0. The molecule has 0 radical (unpaired) electrons. The molecule has 3 aliphatic rings. The van der Waals surface area contributed by atoms with Crippen LogP contribution in [0.1, 0.15) is 68.9 Å². The zero-order valence-corrected chi connectivity index (χ0v) is 24.1. The van der Waals surface area contributed by atoms with Gasteiger partial charge >= 0.3 is 0 Å². The summed E-state index contributed by atoms with van der Waals surface area (Å²) in [5.41, 5.74) is 2.00. The number of hydrogen-bond acceptors (Lipinski definition) is 5. The molecule has 47 heavy (non-hydrogen) atoms. The van der Waals surface area contributed by atoms with Crippen LogP contribution in [0.4, 0.5) is 26.3 Å². The van der Waals surface area contributed by atoms with Gasteiger partial charge in [0.05, 0.1) is 23.4 Å². The van der Waals surface area contributed by atoms with Crippen molar-refractivity contribution in [1.29, 1.82) is 0 Å². The number of benzene rings is 2. The van der Waals surface area contributed by atoms with Crippen LogP contribution < -0.4 is 10.6 Å².